The largest absolute Gasteiger partial charge is 0.467 e. The van der Waals surface area contributed by atoms with Crippen molar-refractivity contribution in [3.63, 3.8) is 0 Å². The summed E-state index contributed by atoms with van der Waals surface area (Å²) in [6, 6.07) is 0. The number of nitrogens with two attached hydrogens (primary N) is 1. The van der Waals surface area contributed by atoms with Gasteiger partial charge in [-0.3, -0.25) is 10.5 Å². The predicted molar refractivity (Wildman–Crippen MR) is 54.1 cm³/mol. The lowest BCUT2D eigenvalue weighted by Gasteiger charge is -1.95. The molecule has 0 amide bonds. The third kappa shape index (κ3) is 7.34. The third-order valence-electron chi connectivity index (χ3n) is 1.70. The van der Waals surface area contributed by atoms with E-state index in [0.717, 1.165) is 11.4 Å². The lowest BCUT2D eigenvalue weighted by molar-refractivity contribution is -0.128. The average Bonchev–Trinajstić information content (AvgIpc) is 2.66. The minimum atomic E-state index is -3.04. The van der Waals surface area contributed by atoms with E-state index in [9.17, 15) is 18.0 Å². The van der Waals surface area contributed by atoms with Crippen LogP contribution >= 0.6 is 0 Å². The van der Waals surface area contributed by atoms with Crippen LogP contribution in [0.1, 0.15) is 11.4 Å². The Hall–Kier alpha value is -1.57. The molecule has 1 heterocycles. The van der Waals surface area contributed by atoms with E-state index in [2.05, 4.69) is 20.4 Å². The van der Waals surface area contributed by atoms with Gasteiger partial charge in [-0.15, -0.1) is 0 Å². The minimum Gasteiger partial charge on any atom is -0.467 e. The molecule has 8 heteroatoms. The summed E-state index contributed by atoms with van der Waals surface area (Å²) in [5.41, 5.74) is 6.00. The van der Waals surface area contributed by atoms with Gasteiger partial charge in [0.25, 0.3) is 12.9 Å². The number of nitrogens with one attached hydrogen (secondary N) is 1. The van der Waals surface area contributed by atoms with Gasteiger partial charge in [0, 0.05) is 12.1 Å². The van der Waals surface area contributed by atoms with E-state index in [1.54, 1.807) is 6.33 Å². The second kappa shape index (κ2) is 8.57. The number of alkyl halides is 3. The van der Waals surface area contributed by atoms with Gasteiger partial charge in [-0.05, 0) is 6.92 Å². The number of aryl methyl sites for hydroxylation is 1. The molecular weight excluding hydrogens is 239 g/mol. The number of aromatic amines is 1. The highest BCUT2D eigenvalue weighted by atomic mass is 19.3. The third-order valence-corrected chi connectivity index (χ3v) is 1.70. The minimum absolute atomic E-state index is 0.398. The summed E-state index contributed by atoms with van der Waals surface area (Å²) in [7, 11) is 0. The van der Waals surface area contributed by atoms with Gasteiger partial charge in [-0.25, -0.2) is 18.2 Å². The molecular formula is C9H14F3N3O2. The first-order valence-electron chi connectivity index (χ1n) is 4.71. The standard InChI is InChI=1S/C7H10N2O2.C2H4F3N/c1-6-7(9-4-8-6)2-3-11-5-10;3-1(4)2(5)6/h4-5H,2-3H2,1H3,(H,8,9);1-2H,6H2. The molecule has 98 valence electrons. The van der Waals surface area contributed by atoms with Crippen molar-refractivity contribution in [2.24, 2.45) is 5.73 Å². The smallest absolute Gasteiger partial charge is 0.293 e. The highest BCUT2D eigenvalue weighted by molar-refractivity contribution is 5.36. The number of aromatic nitrogens is 2. The molecule has 0 aliphatic rings. The molecule has 0 saturated heterocycles. The van der Waals surface area contributed by atoms with Gasteiger partial charge in [0.1, 0.15) is 0 Å². The highest BCUT2D eigenvalue weighted by Gasteiger charge is 2.11. The Morgan fingerprint density at radius 1 is 1.59 bits per heavy atom. The molecule has 0 aliphatic carbocycles. The molecule has 0 radical (unpaired) electrons. The van der Waals surface area contributed by atoms with Crippen LogP contribution in [0.3, 0.4) is 0 Å². The first-order valence-corrected chi connectivity index (χ1v) is 4.71. The van der Waals surface area contributed by atoms with Crippen LogP contribution in [0.15, 0.2) is 6.33 Å². The molecule has 1 unspecified atom stereocenters. The zero-order valence-corrected chi connectivity index (χ0v) is 9.20. The molecule has 0 saturated carbocycles. The fourth-order valence-electron chi connectivity index (χ4n) is 0.843. The fraction of sp³-hybridized carbons (Fsp3) is 0.556. The maximum atomic E-state index is 10.9. The Bertz CT molecular complexity index is 312. The van der Waals surface area contributed by atoms with E-state index in [-0.39, 0.29) is 0 Å². The Balaban J connectivity index is 0.000000366. The molecule has 1 rings (SSSR count). The van der Waals surface area contributed by atoms with Crippen LogP contribution in [0.5, 0.6) is 0 Å². The quantitative estimate of drug-likeness (QED) is 0.465. The second-order valence-corrected chi connectivity index (χ2v) is 2.97. The zero-order chi connectivity index (χ0) is 13.3. The highest BCUT2D eigenvalue weighted by Crippen LogP contribution is 2.00. The number of rotatable bonds is 5. The molecule has 1 aromatic heterocycles. The van der Waals surface area contributed by atoms with Crippen LogP contribution in [-0.2, 0) is 16.0 Å². The van der Waals surface area contributed by atoms with E-state index in [1.807, 2.05) is 6.92 Å². The summed E-state index contributed by atoms with van der Waals surface area (Å²) in [4.78, 5) is 16.7. The molecule has 3 N–H and O–H groups in total. The average molecular weight is 253 g/mol. The number of carbonyl (C=O) groups is 1. The topological polar surface area (TPSA) is 81.0 Å². The SMILES string of the molecule is Cc1[nH]cnc1CCOC=O.NC(F)C(F)F. The molecule has 0 aromatic carbocycles. The van der Waals surface area contributed by atoms with Crippen molar-refractivity contribution in [3.05, 3.63) is 17.7 Å². The summed E-state index contributed by atoms with van der Waals surface area (Å²) in [6.45, 7) is 2.78. The van der Waals surface area contributed by atoms with Crippen molar-refractivity contribution in [1.29, 1.82) is 0 Å². The van der Waals surface area contributed by atoms with E-state index < -0.39 is 12.7 Å². The number of hydrogen-bond donors (Lipinski definition) is 2. The van der Waals surface area contributed by atoms with Gasteiger partial charge in [-0.2, -0.15) is 0 Å². The maximum absolute atomic E-state index is 10.9. The number of carbonyl (C=O) groups excluding carboxylic acids is 1. The molecule has 0 bridgehead atoms. The van der Waals surface area contributed by atoms with Crippen LogP contribution < -0.4 is 5.73 Å². The molecule has 17 heavy (non-hydrogen) atoms. The normalized spacial score (nSPS) is 11.6. The molecule has 1 atom stereocenters. The van der Waals surface area contributed by atoms with Crippen molar-refractivity contribution in [2.75, 3.05) is 6.61 Å². The summed E-state index contributed by atoms with van der Waals surface area (Å²) in [6.07, 6.45) is -3.21. The van der Waals surface area contributed by atoms with Crippen LogP contribution in [0, 0.1) is 6.92 Å². The predicted octanol–water partition coefficient (Wildman–Crippen LogP) is 0.939. The summed E-state index contributed by atoms with van der Waals surface area (Å²) < 4.78 is 36.7. The zero-order valence-electron chi connectivity index (χ0n) is 9.20. The molecule has 5 nitrogen and oxygen atoms in total. The van der Waals surface area contributed by atoms with Crippen LogP contribution in [-0.4, -0.2) is 35.8 Å². The van der Waals surface area contributed by atoms with Crippen molar-refractivity contribution in [2.45, 2.75) is 26.1 Å². The lowest BCUT2D eigenvalue weighted by atomic mass is 10.3. The Morgan fingerprint density at radius 2 is 2.18 bits per heavy atom. The summed E-state index contributed by atoms with van der Waals surface area (Å²) >= 11 is 0. The second-order valence-electron chi connectivity index (χ2n) is 2.97. The van der Waals surface area contributed by atoms with Gasteiger partial charge >= 0.3 is 0 Å². The van der Waals surface area contributed by atoms with Gasteiger partial charge in [-0.1, -0.05) is 0 Å². The van der Waals surface area contributed by atoms with Crippen molar-refractivity contribution in [1.82, 2.24) is 9.97 Å². The van der Waals surface area contributed by atoms with Crippen LogP contribution in [0.25, 0.3) is 0 Å². The van der Waals surface area contributed by atoms with Crippen molar-refractivity contribution in [3.8, 4) is 0 Å². The summed E-state index contributed by atoms with van der Waals surface area (Å²) in [5.74, 6) is 0. The van der Waals surface area contributed by atoms with Crippen molar-refractivity contribution >= 4 is 6.47 Å². The van der Waals surface area contributed by atoms with E-state index >= 15 is 0 Å². The number of H-pyrrole nitrogens is 1. The summed E-state index contributed by atoms with van der Waals surface area (Å²) in [5, 5.41) is 0. The monoisotopic (exact) mass is 253 g/mol. The van der Waals surface area contributed by atoms with Gasteiger partial charge in [0.2, 0.25) is 6.30 Å². The van der Waals surface area contributed by atoms with Gasteiger partial charge < -0.3 is 9.72 Å². The molecule has 0 fully saturated rings. The Morgan fingerprint density at radius 3 is 2.53 bits per heavy atom. The molecule has 1 aromatic rings. The first-order chi connectivity index (χ1) is 7.99. The van der Waals surface area contributed by atoms with Crippen molar-refractivity contribution < 1.29 is 22.7 Å². The van der Waals surface area contributed by atoms with Gasteiger partial charge in [0.15, 0.2) is 0 Å². The Kier molecular flexibility index (Phi) is 7.78. The van der Waals surface area contributed by atoms with Gasteiger partial charge in [0.05, 0.1) is 18.6 Å². The fourth-order valence-corrected chi connectivity index (χ4v) is 0.843. The molecule has 0 aliphatic heterocycles. The van der Waals surface area contributed by atoms with Crippen LogP contribution in [0.2, 0.25) is 0 Å². The maximum Gasteiger partial charge on any atom is 0.293 e. The number of halogens is 3. The number of imidazole rings is 1. The van der Waals surface area contributed by atoms with E-state index in [1.165, 1.54) is 0 Å². The first kappa shape index (κ1) is 15.4. The number of nitrogens with zero attached hydrogens (tertiary/aromatic N) is 1. The Labute approximate surface area is 96.2 Å². The lowest BCUT2D eigenvalue weighted by Crippen LogP contribution is -2.22. The molecule has 0 spiro atoms. The van der Waals surface area contributed by atoms with E-state index in [0.29, 0.717) is 19.5 Å². The number of hydrogen-bond acceptors (Lipinski definition) is 4. The van der Waals surface area contributed by atoms with E-state index in [4.69, 9.17) is 0 Å². The van der Waals surface area contributed by atoms with Crippen LogP contribution in [0.4, 0.5) is 13.2 Å². The number of ether oxygens (including phenoxy) is 1.